The highest BCUT2D eigenvalue weighted by Crippen LogP contribution is 2.07. The molecule has 2 heteroatoms. The van der Waals surface area contributed by atoms with Crippen molar-refractivity contribution in [2.75, 3.05) is 19.7 Å². The van der Waals surface area contributed by atoms with E-state index in [0.29, 0.717) is 6.10 Å². The van der Waals surface area contributed by atoms with Crippen LogP contribution in [0.5, 0.6) is 0 Å². The topological polar surface area (TPSA) is 21.3 Å². The Morgan fingerprint density at radius 1 is 1.50 bits per heavy atom. The molecule has 72 valence electrons. The average molecular weight is 171 g/mol. The second-order valence-corrected chi connectivity index (χ2v) is 4.02. The van der Waals surface area contributed by atoms with Crippen molar-refractivity contribution in [3.63, 3.8) is 0 Å². The molecular formula is C10H21NO. The second-order valence-electron chi connectivity index (χ2n) is 4.02. The van der Waals surface area contributed by atoms with Crippen LogP contribution in [0.15, 0.2) is 0 Å². The first-order valence-electron chi connectivity index (χ1n) is 5.11. The maximum Gasteiger partial charge on any atom is 0.0711 e. The van der Waals surface area contributed by atoms with E-state index in [1.807, 2.05) is 0 Å². The number of hydrogen-bond acceptors (Lipinski definition) is 2. The van der Waals surface area contributed by atoms with E-state index in [1.165, 1.54) is 19.3 Å². The first-order valence-corrected chi connectivity index (χ1v) is 5.11. The number of rotatable bonds is 5. The summed E-state index contributed by atoms with van der Waals surface area (Å²) in [6, 6.07) is 0. The molecule has 1 saturated heterocycles. The molecule has 0 aromatic rings. The highest BCUT2D eigenvalue weighted by molar-refractivity contribution is 4.70. The van der Waals surface area contributed by atoms with Crippen LogP contribution in [0.25, 0.3) is 0 Å². The Hall–Kier alpha value is -0.0800. The minimum absolute atomic E-state index is 0.497. The van der Waals surface area contributed by atoms with E-state index in [1.54, 1.807) is 0 Å². The van der Waals surface area contributed by atoms with E-state index < -0.39 is 0 Å². The van der Waals surface area contributed by atoms with Crippen molar-refractivity contribution < 1.29 is 4.74 Å². The normalized spacial score (nSPS) is 23.8. The Morgan fingerprint density at radius 2 is 2.33 bits per heavy atom. The average Bonchev–Trinajstić information content (AvgIpc) is 2.49. The van der Waals surface area contributed by atoms with E-state index in [0.717, 1.165) is 25.6 Å². The fraction of sp³-hybridized carbons (Fsp3) is 1.00. The van der Waals surface area contributed by atoms with Crippen molar-refractivity contribution in [3.8, 4) is 0 Å². The molecule has 0 saturated carbocycles. The van der Waals surface area contributed by atoms with Gasteiger partial charge in [-0.15, -0.1) is 0 Å². The zero-order valence-electron chi connectivity index (χ0n) is 8.31. The molecule has 0 aliphatic carbocycles. The van der Waals surface area contributed by atoms with Crippen molar-refractivity contribution >= 4 is 0 Å². The van der Waals surface area contributed by atoms with Gasteiger partial charge in [-0.25, -0.2) is 0 Å². The highest BCUT2D eigenvalue weighted by atomic mass is 16.5. The summed E-state index contributed by atoms with van der Waals surface area (Å²) in [7, 11) is 0. The van der Waals surface area contributed by atoms with Crippen LogP contribution in [-0.4, -0.2) is 25.8 Å². The van der Waals surface area contributed by atoms with Crippen LogP contribution in [0.4, 0.5) is 0 Å². The third-order valence-electron chi connectivity index (χ3n) is 2.29. The first kappa shape index (κ1) is 10.0. The van der Waals surface area contributed by atoms with Crippen LogP contribution in [0.1, 0.15) is 33.1 Å². The summed E-state index contributed by atoms with van der Waals surface area (Å²) in [4.78, 5) is 0. The first-order chi connectivity index (χ1) is 5.79. The smallest absolute Gasteiger partial charge is 0.0711 e. The highest BCUT2D eigenvalue weighted by Gasteiger charge is 2.13. The van der Waals surface area contributed by atoms with Gasteiger partial charge in [0.05, 0.1) is 6.10 Å². The lowest BCUT2D eigenvalue weighted by molar-refractivity contribution is 0.0629. The summed E-state index contributed by atoms with van der Waals surface area (Å²) in [6.45, 7) is 7.66. The van der Waals surface area contributed by atoms with Crippen LogP contribution in [-0.2, 0) is 4.74 Å². The molecule has 1 fully saturated rings. The molecule has 1 aliphatic heterocycles. The molecule has 2 nitrogen and oxygen atoms in total. The maximum absolute atomic E-state index is 5.69. The van der Waals surface area contributed by atoms with Gasteiger partial charge in [0.15, 0.2) is 0 Å². The van der Waals surface area contributed by atoms with E-state index in [9.17, 15) is 0 Å². The minimum atomic E-state index is 0.497. The predicted octanol–water partition coefficient (Wildman–Crippen LogP) is 1.80. The van der Waals surface area contributed by atoms with E-state index in [2.05, 4.69) is 19.2 Å². The zero-order chi connectivity index (χ0) is 8.81. The molecular weight excluding hydrogens is 150 g/mol. The molecule has 0 unspecified atom stereocenters. The molecule has 1 atom stereocenters. The summed E-state index contributed by atoms with van der Waals surface area (Å²) < 4.78 is 5.69. The molecule has 12 heavy (non-hydrogen) atoms. The summed E-state index contributed by atoms with van der Waals surface area (Å²) in [6.07, 6.45) is 4.20. The fourth-order valence-corrected chi connectivity index (χ4v) is 1.51. The Bertz CT molecular complexity index is 108. The van der Waals surface area contributed by atoms with Crippen molar-refractivity contribution in [3.05, 3.63) is 0 Å². The lowest BCUT2D eigenvalue weighted by Crippen LogP contribution is -2.17. The summed E-state index contributed by atoms with van der Waals surface area (Å²) in [5.41, 5.74) is 0. The van der Waals surface area contributed by atoms with E-state index in [-0.39, 0.29) is 0 Å². The lowest BCUT2D eigenvalue weighted by atomic mass is 10.1. The van der Waals surface area contributed by atoms with Gasteiger partial charge in [0.2, 0.25) is 0 Å². The summed E-state index contributed by atoms with van der Waals surface area (Å²) >= 11 is 0. The molecule has 1 heterocycles. The van der Waals surface area contributed by atoms with Gasteiger partial charge >= 0.3 is 0 Å². The molecule has 0 aromatic carbocycles. The molecule has 0 amide bonds. The molecule has 0 spiro atoms. The monoisotopic (exact) mass is 171 g/mol. The van der Waals surface area contributed by atoms with Crippen molar-refractivity contribution in [1.29, 1.82) is 0 Å². The van der Waals surface area contributed by atoms with Crippen LogP contribution in [0.2, 0.25) is 0 Å². The maximum atomic E-state index is 5.69. The van der Waals surface area contributed by atoms with Crippen LogP contribution >= 0.6 is 0 Å². The van der Waals surface area contributed by atoms with E-state index in [4.69, 9.17) is 4.74 Å². The largest absolute Gasteiger partial charge is 0.377 e. The minimum Gasteiger partial charge on any atom is -0.377 e. The van der Waals surface area contributed by atoms with Gasteiger partial charge in [-0.1, -0.05) is 13.8 Å². The van der Waals surface area contributed by atoms with Crippen LogP contribution < -0.4 is 5.32 Å². The third kappa shape index (κ3) is 4.07. The van der Waals surface area contributed by atoms with Gasteiger partial charge in [0.25, 0.3) is 0 Å². The van der Waals surface area contributed by atoms with Gasteiger partial charge in [-0.3, -0.25) is 0 Å². The quantitative estimate of drug-likeness (QED) is 0.637. The molecule has 0 bridgehead atoms. The number of ether oxygens (including phenoxy) is 1. The Kier molecular flexibility index (Phi) is 4.62. The van der Waals surface area contributed by atoms with Crippen molar-refractivity contribution in [2.45, 2.75) is 39.2 Å². The van der Waals surface area contributed by atoms with Gasteiger partial charge < -0.3 is 10.1 Å². The van der Waals surface area contributed by atoms with Crippen LogP contribution in [0.3, 0.4) is 0 Å². The second kappa shape index (κ2) is 5.55. The fourth-order valence-electron chi connectivity index (χ4n) is 1.51. The molecule has 0 radical (unpaired) electrons. The summed E-state index contributed by atoms with van der Waals surface area (Å²) in [5, 5.41) is 3.30. The molecule has 1 aliphatic rings. The van der Waals surface area contributed by atoms with Crippen molar-refractivity contribution in [1.82, 2.24) is 5.32 Å². The van der Waals surface area contributed by atoms with Gasteiger partial charge in [-0.05, 0) is 31.7 Å². The van der Waals surface area contributed by atoms with E-state index >= 15 is 0 Å². The lowest BCUT2D eigenvalue weighted by Gasteiger charge is -2.10. The number of nitrogens with one attached hydrogen (secondary N) is 1. The number of hydrogen-bond donors (Lipinski definition) is 1. The zero-order valence-corrected chi connectivity index (χ0v) is 8.31. The van der Waals surface area contributed by atoms with Crippen LogP contribution in [0, 0.1) is 5.92 Å². The Balaban J connectivity index is 1.88. The predicted molar refractivity (Wildman–Crippen MR) is 51.3 cm³/mol. The van der Waals surface area contributed by atoms with Crippen molar-refractivity contribution in [2.24, 2.45) is 5.92 Å². The molecule has 1 N–H and O–H groups in total. The standard InChI is InChI=1S/C10H21NO/c1-9(2)4-3-7-12-10-5-6-11-8-10/h9-11H,3-8H2,1-2H3/t10-/m0/s1. The SMILES string of the molecule is CC(C)CCCO[C@H]1CCNC1. The van der Waals surface area contributed by atoms with Gasteiger partial charge in [0.1, 0.15) is 0 Å². The van der Waals surface area contributed by atoms with Gasteiger partial charge in [0, 0.05) is 13.2 Å². The van der Waals surface area contributed by atoms with Gasteiger partial charge in [-0.2, -0.15) is 0 Å². The summed E-state index contributed by atoms with van der Waals surface area (Å²) in [5.74, 6) is 0.815. The molecule has 1 rings (SSSR count). The molecule has 0 aromatic heterocycles. The Labute approximate surface area is 75.7 Å². The third-order valence-corrected chi connectivity index (χ3v) is 2.29. The Morgan fingerprint density at radius 3 is 2.92 bits per heavy atom.